The van der Waals surface area contributed by atoms with Crippen molar-refractivity contribution >= 4 is 28.8 Å². The average molecular weight is 337 g/mol. The molecule has 2 heterocycles. The van der Waals surface area contributed by atoms with Crippen LogP contribution >= 0.6 is 11.3 Å². The molecular weight excluding hydrogens is 322 g/mol. The summed E-state index contributed by atoms with van der Waals surface area (Å²) in [6.07, 6.45) is 3.15. The number of anilines is 1. The largest absolute Gasteiger partial charge is 0.348 e. The zero-order chi connectivity index (χ0) is 16.8. The molecule has 0 aliphatic heterocycles. The Bertz CT molecular complexity index is 815. The fraction of sp³-hybridized carbons (Fsp3) is 0.0556. The lowest BCUT2D eigenvalue weighted by atomic mass is 10.2. The highest BCUT2D eigenvalue weighted by atomic mass is 32.1. The maximum absolute atomic E-state index is 12.0. The normalized spacial score (nSPS) is 10.2. The molecule has 2 amide bonds. The number of hydrogen-bond donors (Lipinski definition) is 2. The van der Waals surface area contributed by atoms with Crippen LogP contribution in [0.25, 0.3) is 0 Å². The third-order valence-corrected chi connectivity index (χ3v) is 4.20. The fourth-order valence-corrected chi connectivity index (χ4v) is 2.71. The predicted molar refractivity (Wildman–Crippen MR) is 94.1 cm³/mol. The summed E-state index contributed by atoms with van der Waals surface area (Å²) in [6.45, 7) is 0.410. The van der Waals surface area contributed by atoms with Gasteiger partial charge in [0, 0.05) is 24.6 Å². The number of aromatic nitrogens is 1. The van der Waals surface area contributed by atoms with Gasteiger partial charge in [-0.15, -0.1) is 11.3 Å². The summed E-state index contributed by atoms with van der Waals surface area (Å²) in [7, 11) is 0. The van der Waals surface area contributed by atoms with Crippen molar-refractivity contribution in [3.05, 3.63) is 82.3 Å². The van der Waals surface area contributed by atoms with Gasteiger partial charge in [-0.25, -0.2) is 0 Å². The van der Waals surface area contributed by atoms with E-state index in [0.717, 1.165) is 11.3 Å². The minimum absolute atomic E-state index is 0.123. The number of pyridine rings is 1. The summed E-state index contributed by atoms with van der Waals surface area (Å²) in [5.74, 6) is -0.291. The molecule has 0 saturated carbocycles. The highest BCUT2D eigenvalue weighted by Gasteiger charge is 2.07. The summed E-state index contributed by atoms with van der Waals surface area (Å²) < 4.78 is 0. The second kappa shape index (κ2) is 7.52. The number of benzene rings is 1. The van der Waals surface area contributed by atoms with E-state index in [-0.39, 0.29) is 11.8 Å². The molecule has 0 spiro atoms. The van der Waals surface area contributed by atoms with E-state index in [9.17, 15) is 9.59 Å². The van der Waals surface area contributed by atoms with Crippen LogP contribution in [-0.2, 0) is 6.54 Å². The van der Waals surface area contributed by atoms with E-state index in [1.165, 1.54) is 17.5 Å². The molecule has 0 aliphatic rings. The molecule has 0 unspecified atom stereocenters. The number of nitrogens with zero attached hydrogens (tertiary/aromatic N) is 1. The van der Waals surface area contributed by atoms with E-state index < -0.39 is 0 Å². The molecule has 0 fully saturated rings. The van der Waals surface area contributed by atoms with Crippen molar-refractivity contribution in [2.45, 2.75) is 6.54 Å². The van der Waals surface area contributed by atoms with E-state index >= 15 is 0 Å². The Morgan fingerprint density at radius 2 is 1.83 bits per heavy atom. The molecule has 120 valence electrons. The van der Waals surface area contributed by atoms with Crippen LogP contribution in [0.1, 0.15) is 25.6 Å². The van der Waals surface area contributed by atoms with Crippen LogP contribution in [0, 0.1) is 0 Å². The van der Waals surface area contributed by atoms with E-state index in [4.69, 9.17) is 0 Å². The Kier molecular flexibility index (Phi) is 4.98. The lowest BCUT2D eigenvalue weighted by molar-refractivity contribution is 0.0950. The van der Waals surface area contributed by atoms with E-state index in [2.05, 4.69) is 15.6 Å². The quantitative estimate of drug-likeness (QED) is 0.750. The molecule has 0 atom stereocenters. The molecule has 24 heavy (non-hydrogen) atoms. The van der Waals surface area contributed by atoms with Gasteiger partial charge < -0.3 is 10.6 Å². The molecule has 0 radical (unpaired) electrons. The first-order valence-corrected chi connectivity index (χ1v) is 8.22. The summed E-state index contributed by atoms with van der Waals surface area (Å²) in [4.78, 5) is 28.5. The molecule has 0 bridgehead atoms. The van der Waals surface area contributed by atoms with Gasteiger partial charge in [0.05, 0.1) is 10.4 Å². The van der Waals surface area contributed by atoms with Crippen LogP contribution in [0.15, 0.2) is 66.3 Å². The van der Waals surface area contributed by atoms with E-state index in [1.807, 2.05) is 35.7 Å². The molecule has 3 rings (SSSR count). The number of rotatable bonds is 5. The molecule has 0 aliphatic carbocycles. The lowest BCUT2D eigenvalue weighted by Crippen LogP contribution is -2.22. The van der Waals surface area contributed by atoms with Crippen LogP contribution in [0.4, 0.5) is 5.69 Å². The van der Waals surface area contributed by atoms with Gasteiger partial charge >= 0.3 is 0 Å². The summed E-state index contributed by atoms with van der Waals surface area (Å²) in [5.41, 5.74) is 2.19. The van der Waals surface area contributed by atoms with E-state index in [1.54, 1.807) is 24.4 Å². The average Bonchev–Trinajstić information content (AvgIpc) is 3.16. The van der Waals surface area contributed by atoms with Crippen LogP contribution in [0.3, 0.4) is 0 Å². The molecule has 1 aromatic carbocycles. The first-order valence-electron chi connectivity index (χ1n) is 7.34. The van der Waals surface area contributed by atoms with Gasteiger partial charge in [0.2, 0.25) is 0 Å². The zero-order valence-corrected chi connectivity index (χ0v) is 13.5. The summed E-state index contributed by atoms with van der Waals surface area (Å²) in [5, 5.41) is 7.54. The number of amides is 2. The third kappa shape index (κ3) is 4.05. The molecular formula is C18H15N3O2S. The summed E-state index contributed by atoms with van der Waals surface area (Å²) in [6, 6.07) is 14.4. The fourth-order valence-electron chi connectivity index (χ4n) is 2.09. The second-order valence-corrected chi connectivity index (χ2v) is 6.00. The highest BCUT2D eigenvalue weighted by Crippen LogP contribution is 2.14. The number of carbonyl (C=O) groups excluding carboxylic acids is 2. The minimum Gasteiger partial charge on any atom is -0.348 e. The van der Waals surface area contributed by atoms with Gasteiger partial charge in [-0.3, -0.25) is 14.6 Å². The number of hydrogen-bond acceptors (Lipinski definition) is 4. The van der Waals surface area contributed by atoms with Crippen molar-refractivity contribution in [1.82, 2.24) is 10.3 Å². The first-order chi connectivity index (χ1) is 11.7. The van der Waals surface area contributed by atoms with Crippen LogP contribution in [-0.4, -0.2) is 16.8 Å². The van der Waals surface area contributed by atoms with Crippen molar-refractivity contribution in [2.75, 3.05) is 5.32 Å². The van der Waals surface area contributed by atoms with Crippen molar-refractivity contribution in [1.29, 1.82) is 0 Å². The smallest absolute Gasteiger partial charge is 0.265 e. The van der Waals surface area contributed by atoms with Gasteiger partial charge in [-0.1, -0.05) is 18.2 Å². The van der Waals surface area contributed by atoms with Crippen molar-refractivity contribution in [3.8, 4) is 0 Å². The third-order valence-electron chi connectivity index (χ3n) is 3.33. The van der Waals surface area contributed by atoms with Gasteiger partial charge in [-0.2, -0.15) is 0 Å². The van der Waals surface area contributed by atoms with Crippen LogP contribution in [0.5, 0.6) is 0 Å². The van der Waals surface area contributed by atoms with Crippen LogP contribution < -0.4 is 10.6 Å². The second-order valence-electron chi connectivity index (χ2n) is 5.05. The van der Waals surface area contributed by atoms with E-state index in [0.29, 0.717) is 17.0 Å². The predicted octanol–water partition coefficient (Wildman–Crippen LogP) is 3.33. The maximum atomic E-state index is 12.0. The monoisotopic (exact) mass is 337 g/mol. The molecule has 2 aromatic heterocycles. The Hall–Kier alpha value is -2.99. The van der Waals surface area contributed by atoms with Gasteiger partial charge in [0.15, 0.2) is 0 Å². The Balaban J connectivity index is 1.55. The first kappa shape index (κ1) is 15.9. The van der Waals surface area contributed by atoms with Crippen LogP contribution in [0.2, 0.25) is 0 Å². The molecule has 6 heteroatoms. The number of carbonyl (C=O) groups is 2. The Morgan fingerprint density at radius 1 is 1.00 bits per heavy atom. The minimum atomic E-state index is -0.168. The topological polar surface area (TPSA) is 71.1 Å². The van der Waals surface area contributed by atoms with Gasteiger partial charge in [0.25, 0.3) is 11.8 Å². The number of thiophene rings is 1. The lowest BCUT2D eigenvalue weighted by Gasteiger charge is -2.07. The standard InChI is InChI=1S/C18H15N3O2S/c22-17(14-3-1-9-19-12-14)20-11-13-5-7-15(8-6-13)21-18(23)16-4-2-10-24-16/h1-10,12H,11H2,(H,20,22)(H,21,23). The molecule has 3 aromatic rings. The van der Waals surface area contributed by atoms with Gasteiger partial charge in [0.1, 0.15) is 0 Å². The SMILES string of the molecule is O=C(NCc1ccc(NC(=O)c2cccs2)cc1)c1cccnc1. The summed E-state index contributed by atoms with van der Waals surface area (Å²) >= 11 is 1.40. The van der Waals surface area contributed by atoms with Crippen molar-refractivity contribution in [2.24, 2.45) is 0 Å². The maximum Gasteiger partial charge on any atom is 0.265 e. The highest BCUT2D eigenvalue weighted by molar-refractivity contribution is 7.12. The number of nitrogens with one attached hydrogen (secondary N) is 2. The Labute approximate surface area is 143 Å². The zero-order valence-electron chi connectivity index (χ0n) is 12.7. The molecule has 5 nitrogen and oxygen atoms in total. The van der Waals surface area contributed by atoms with Crippen molar-refractivity contribution < 1.29 is 9.59 Å². The molecule has 0 saturated heterocycles. The van der Waals surface area contributed by atoms with Crippen molar-refractivity contribution in [3.63, 3.8) is 0 Å². The molecule has 2 N–H and O–H groups in total. The Morgan fingerprint density at radius 3 is 2.50 bits per heavy atom. The van der Waals surface area contributed by atoms with Gasteiger partial charge in [-0.05, 0) is 41.3 Å².